The molecule has 0 atom stereocenters. The van der Waals surface area contributed by atoms with Gasteiger partial charge in [-0.25, -0.2) is 4.79 Å². The number of carbonyl (C=O) groups is 1. The summed E-state index contributed by atoms with van der Waals surface area (Å²) in [7, 11) is 1.50. The molecule has 25 heavy (non-hydrogen) atoms. The predicted octanol–water partition coefficient (Wildman–Crippen LogP) is 3.47. The van der Waals surface area contributed by atoms with Crippen molar-refractivity contribution in [2.24, 2.45) is 0 Å². The molecule has 0 aliphatic heterocycles. The van der Waals surface area contributed by atoms with Crippen LogP contribution in [0.5, 0.6) is 11.5 Å². The lowest BCUT2D eigenvalue weighted by Gasteiger charge is -2.23. The zero-order chi connectivity index (χ0) is 17.8. The van der Waals surface area contributed by atoms with Crippen molar-refractivity contribution in [1.82, 2.24) is 4.90 Å². The molecule has 2 aromatic rings. The highest BCUT2D eigenvalue weighted by molar-refractivity contribution is 5.89. The molecule has 2 amide bonds. The summed E-state index contributed by atoms with van der Waals surface area (Å²) in [5, 5.41) is 21.4. The average molecular weight is 337 g/mol. The maximum atomic E-state index is 12.6. The van der Waals surface area contributed by atoms with Gasteiger partial charge in [-0.3, -0.25) is 0 Å². The zero-order valence-electron chi connectivity index (χ0n) is 13.9. The minimum absolute atomic E-state index is 0.0752. The molecule has 0 saturated heterocycles. The van der Waals surface area contributed by atoms with Gasteiger partial charge in [-0.05, 0) is 54.8 Å². The average Bonchev–Trinajstić information content (AvgIpc) is 3.46. The molecule has 0 heterocycles. The lowest BCUT2D eigenvalue weighted by atomic mass is 10.2. The van der Waals surface area contributed by atoms with Gasteiger partial charge in [0.2, 0.25) is 0 Å². The van der Waals surface area contributed by atoms with E-state index in [1.807, 2.05) is 0 Å². The number of carbonyl (C=O) groups excluding carboxylic acids is 1. The molecule has 0 radical (unpaired) electrons. The summed E-state index contributed by atoms with van der Waals surface area (Å²) in [6, 6.07) is 13.9. The third-order valence-corrected chi connectivity index (χ3v) is 4.11. The predicted molar refractivity (Wildman–Crippen MR) is 93.4 cm³/mol. The summed E-state index contributed by atoms with van der Waals surface area (Å²) in [6.45, 7) is 0.434. The number of hydrogen-bond donors (Lipinski definition) is 2. The van der Waals surface area contributed by atoms with Gasteiger partial charge < -0.3 is 20.1 Å². The number of amides is 2. The summed E-state index contributed by atoms with van der Waals surface area (Å²) < 4.78 is 5.13. The van der Waals surface area contributed by atoms with E-state index in [2.05, 4.69) is 11.4 Å². The molecule has 6 nitrogen and oxygen atoms in total. The lowest BCUT2D eigenvalue weighted by Crippen LogP contribution is -2.36. The first kappa shape index (κ1) is 16.7. The summed E-state index contributed by atoms with van der Waals surface area (Å²) in [5.41, 5.74) is 2.09. The Balaban J connectivity index is 1.72. The molecule has 1 aliphatic rings. The van der Waals surface area contributed by atoms with E-state index in [1.54, 1.807) is 47.4 Å². The molecule has 6 heteroatoms. The van der Waals surface area contributed by atoms with E-state index in [-0.39, 0.29) is 17.8 Å². The molecule has 1 aliphatic carbocycles. The Kier molecular flexibility index (Phi) is 4.75. The number of benzene rings is 2. The van der Waals surface area contributed by atoms with Crippen LogP contribution in [0.1, 0.15) is 24.0 Å². The number of phenolic OH excluding ortho intramolecular Hbond substituents is 1. The number of aromatic hydroxyl groups is 1. The first-order chi connectivity index (χ1) is 12.1. The van der Waals surface area contributed by atoms with Crippen LogP contribution in [0.2, 0.25) is 0 Å². The van der Waals surface area contributed by atoms with Gasteiger partial charge in [-0.15, -0.1) is 0 Å². The molecule has 0 bridgehead atoms. The Hall–Kier alpha value is -3.20. The Bertz CT molecular complexity index is 808. The van der Waals surface area contributed by atoms with E-state index in [0.29, 0.717) is 23.5 Å². The number of rotatable bonds is 5. The number of ether oxygens (including phenoxy) is 1. The van der Waals surface area contributed by atoms with Crippen molar-refractivity contribution < 1.29 is 14.6 Å². The third-order valence-electron chi connectivity index (χ3n) is 4.11. The van der Waals surface area contributed by atoms with Crippen LogP contribution in [0.25, 0.3) is 0 Å². The van der Waals surface area contributed by atoms with E-state index >= 15 is 0 Å². The van der Waals surface area contributed by atoms with Gasteiger partial charge in [0.05, 0.1) is 18.7 Å². The molecule has 1 fully saturated rings. The molecule has 3 rings (SSSR count). The number of methoxy groups -OCH3 is 1. The molecule has 0 unspecified atom stereocenters. The topological polar surface area (TPSA) is 85.6 Å². The van der Waals surface area contributed by atoms with Crippen LogP contribution in [0.15, 0.2) is 42.5 Å². The Morgan fingerprint density at radius 3 is 2.64 bits per heavy atom. The molecule has 2 N–H and O–H groups in total. The summed E-state index contributed by atoms with van der Waals surface area (Å²) in [4.78, 5) is 14.4. The standard InChI is InChI=1S/C19H19N3O3/c1-25-18-10-14(4-9-17(18)23)12-22(16-7-8-16)19(24)21-15-5-2-13(11-20)3-6-15/h2-6,9-10,16,23H,7-8,12H2,1H3,(H,21,24). The van der Waals surface area contributed by atoms with Crippen molar-refractivity contribution in [2.75, 3.05) is 12.4 Å². The highest BCUT2D eigenvalue weighted by Crippen LogP contribution is 2.31. The number of anilines is 1. The first-order valence-corrected chi connectivity index (χ1v) is 8.04. The minimum atomic E-state index is -0.181. The Labute approximate surface area is 146 Å². The normalized spacial score (nSPS) is 13.0. The number of nitrogens with one attached hydrogen (secondary N) is 1. The van der Waals surface area contributed by atoms with Crippen LogP contribution in [0, 0.1) is 11.3 Å². The van der Waals surface area contributed by atoms with Crippen LogP contribution in [-0.4, -0.2) is 29.2 Å². The smallest absolute Gasteiger partial charge is 0.322 e. The van der Waals surface area contributed by atoms with Crippen molar-refractivity contribution in [1.29, 1.82) is 5.26 Å². The molecule has 128 valence electrons. The first-order valence-electron chi connectivity index (χ1n) is 8.04. The quantitative estimate of drug-likeness (QED) is 0.875. The molecular formula is C19H19N3O3. The minimum Gasteiger partial charge on any atom is -0.504 e. The van der Waals surface area contributed by atoms with E-state index in [4.69, 9.17) is 10.00 Å². The Morgan fingerprint density at radius 2 is 2.04 bits per heavy atom. The second-order valence-electron chi connectivity index (χ2n) is 5.98. The molecule has 0 aromatic heterocycles. The maximum absolute atomic E-state index is 12.6. The van der Waals surface area contributed by atoms with Gasteiger partial charge in [0.1, 0.15) is 0 Å². The number of phenols is 1. The van der Waals surface area contributed by atoms with Crippen molar-refractivity contribution in [3.8, 4) is 17.6 Å². The Morgan fingerprint density at radius 1 is 1.32 bits per heavy atom. The van der Waals surface area contributed by atoms with Crippen molar-refractivity contribution in [3.05, 3.63) is 53.6 Å². The van der Waals surface area contributed by atoms with E-state index in [1.165, 1.54) is 7.11 Å². The van der Waals surface area contributed by atoms with E-state index in [0.717, 1.165) is 18.4 Å². The molecule has 1 saturated carbocycles. The van der Waals surface area contributed by atoms with Crippen molar-refractivity contribution in [3.63, 3.8) is 0 Å². The van der Waals surface area contributed by atoms with Gasteiger partial charge in [-0.1, -0.05) is 6.07 Å². The zero-order valence-corrected chi connectivity index (χ0v) is 13.9. The number of urea groups is 1. The van der Waals surface area contributed by atoms with Crippen molar-refractivity contribution in [2.45, 2.75) is 25.4 Å². The van der Waals surface area contributed by atoms with Gasteiger partial charge in [0.15, 0.2) is 11.5 Å². The van der Waals surface area contributed by atoms with Gasteiger partial charge in [-0.2, -0.15) is 5.26 Å². The molecule has 2 aromatic carbocycles. The number of nitriles is 1. The van der Waals surface area contributed by atoms with Crippen LogP contribution < -0.4 is 10.1 Å². The molecular weight excluding hydrogens is 318 g/mol. The fourth-order valence-electron chi connectivity index (χ4n) is 2.59. The highest BCUT2D eigenvalue weighted by atomic mass is 16.5. The van der Waals surface area contributed by atoms with Crippen molar-refractivity contribution >= 4 is 11.7 Å². The van der Waals surface area contributed by atoms with Crippen LogP contribution in [0.3, 0.4) is 0 Å². The summed E-state index contributed by atoms with van der Waals surface area (Å²) >= 11 is 0. The largest absolute Gasteiger partial charge is 0.504 e. The number of nitrogens with zero attached hydrogens (tertiary/aromatic N) is 2. The summed E-state index contributed by atoms with van der Waals surface area (Å²) in [5.74, 6) is 0.465. The fraction of sp³-hybridized carbons (Fsp3) is 0.263. The fourth-order valence-corrected chi connectivity index (χ4v) is 2.59. The van der Waals surface area contributed by atoms with E-state index < -0.39 is 0 Å². The SMILES string of the molecule is COc1cc(CN(C(=O)Nc2ccc(C#N)cc2)C2CC2)ccc1O. The van der Waals surface area contributed by atoms with Crippen LogP contribution in [-0.2, 0) is 6.54 Å². The van der Waals surface area contributed by atoms with Crippen LogP contribution >= 0.6 is 0 Å². The second-order valence-corrected chi connectivity index (χ2v) is 5.98. The van der Waals surface area contributed by atoms with Crippen LogP contribution in [0.4, 0.5) is 10.5 Å². The second kappa shape index (κ2) is 7.14. The van der Waals surface area contributed by atoms with Gasteiger partial charge >= 0.3 is 6.03 Å². The van der Waals surface area contributed by atoms with E-state index in [9.17, 15) is 9.90 Å². The van der Waals surface area contributed by atoms with Gasteiger partial charge in [0.25, 0.3) is 0 Å². The number of hydrogen-bond acceptors (Lipinski definition) is 4. The monoisotopic (exact) mass is 337 g/mol. The third kappa shape index (κ3) is 4.01. The lowest BCUT2D eigenvalue weighted by molar-refractivity contribution is 0.206. The highest BCUT2D eigenvalue weighted by Gasteiger charge is 2.32. The molecule has 0 spiro atoms. The summed E-state index contributed by atoms with van der Waals surface area (Å²) in [6.07, 6.45) is 1.96. The maximum Gasteiger partial charge on any atom is 0.322 e. The van der Waals surface area contributed by atoms with Gasteiger partial charge in [0, 0.05) is 18.3 Å².